The van der Waals surface area contributed by atoms with Gasteiger partial charge >= 0.3 is 6.18 Å². The number of ether oxygens (including phenoxy) is 2. The van der Waals surface area contributed by atoms with Gasteiger partial charge in [-0.3, -0.25) is 4.72 Å². The lowest BCUT2D eigenvalue weighted by atomic mass is 10.2. The summed E-state index contributed by atoms with van der Waals surface area (Å²) < 4.78 is 75.6. The molecule has 9 heteroatoms. The van der Waals surface area contributed by atoms with Crippen molar-refractivity contribution in [3.63, 3.8) is 0 Å². The minimum absolute atomic E-state index is 0.143. The molecule has 0 aromatic heterocycles. The summed E-state index contributed by atoms with van der Waals surface area (Å²) in [6, 6.07) is 8.05. The standard InChI is InChI=1S/C15H14F3NO4S/c1-22-13-8-7-10(9-14(13)23-2)24(20,21)19-12-6-4-3-5-11(12)15(16,17)18/h3-9,19H,1-2H3. The van der Waals surface area contributed by atoms with Gasteiger partial charge in [-0.1, -0.05) is 12.1 Å². The Balaban J connectivity index is 2.44. The molecule has 0 spiro atoms. The van der Waals surface area contributed by atoms with Gasteiger partial charge in [-0.2, -0.15) is 13.2 Å². The third-order valence-corrected chi connectivity index (χ3v) is 4.51. The van der Waals surface area contributed by atoms with E-state index in [1.165, 1.54) is 38.5 Å². The topological polar surface area (TPSA) is 64.6 Å². The van der Waals surface area contributed by atoms with Gasteiger partial charge in [-0.15, -0.1) is 0 Å². The first kappa shape index (κ1) is 17.9. The van der Waals surface area contributed by atoms with Crippen LogP contribution in [0.1, 0.15) is 5.56 Å². The zero-order chi connectivity index (χ0) is 18.0. The second kappa shape index (κ2) is 6.60. The number of para-hydroxylation sites is 1. The molecule has 5 nitrogen and oxygen atoms in total. The van der Waals surface area contributed by atoms with Crippen LogP contribution in [0, 0.1) is 0 Å². The summed E-state index contributed by atoms with van der Waals surface area (Å²) in [6.07, 6.45) is -4.68. The summed E-state index contributed by atoms with van der Waals surface area (Å²) in [5.74, 6) is 0.441. The van der Waals surface area contributed by atoms with E-state index in [9.17, 15) is 21.6 Å². The average molecular weight is 361 g/mol. The largest absolute Gasteiger partial charge is 0.493 e. The Morgan fingerprint density at radius 1 is 0.958 bits per heavy atom. The number of hydrogen-bond acceptors (Lipinski definition) is 4. The summed E-state index contributed by atoms with van der Waals surface area (Å²) in [6.45, 7) is 0. The molecule has 0 heterocycles. The lowest BCUT2D eigenvalue weighted by Crippen LogP contribution is -2.17. The maximum atomic E-state index is 13.0. The van der Waals surface area contributed by atoms with E-state index in [-0.39, 0.29) is 10.6 Å². The van der Waals surface area contributed by atoms with E-state index >= 15 is 0 Å². The number of nitrogens with one attached hydrogen (secondary N) is 1. The zero-order valence-corrected chi connectivity index (χ0v) is 13.5. The van der Waals surface area contributed by atoms with Gasteiger partial charge in [0.1, 0.15) is 0 Å². The molecule has 0 radical (unpaired) electrons. The molecule has 0 atom stereocenters. The molecular formula is C15H14F3NO4S. The van der Waals surface area contributed by atoms with E-state index in [4.69, 9.17) is 9.47 Å². The molecule has 0 saturated heterocycles. The molecule has 0 bridgehead atoms. The first-order chi connectivity index (χ1) is 11.2. The van der Waals surface area contributed by atoms with Crippen molar-refractivity contribution in [3.05, 3.63) is 48.0 Å². The van der Waals surface area contributed by atoms with E-state index in [1.54, 1.807) is 0 Å². The third-order valence-electron chi connectivity index (χ3n) is 3.14. The highest BCUT2D eigenvalue weighted by Crippen LogP contribution is 2.36. The Kier molecular flexibility index (Phi) is 4.93. The second-order valence-corrected chi connectivity index (χ2v) is 6.35. The smallest absolute Gasteiger partial charge is 0.418 e. The van der Waals surface area contributed by atoms with E-state index in [0.717, 1.165) is 18.2 Å². The summed E-state index contributed by atoms with van der Waals surface area (Å²) in [5.41, 5.74) is -1.63. The Bertz CT molecular complexity index is 835. The van der Waals surface area contributed by atoms with Crippen molar-refractivity contribution in [1.82, 2.24) is 0 Å². The number of hydrogen-bond donors (Lipinski definition) is 1. The summed E-state index contributed by atoms with van der Waals surface area (Å²) in [5, 5.41) is 0. The van der Waals surface area contributed by atoms with Crippen molar-refractivity contribution >= 4 is 15.7 Å². The molecule has 2 aromatic carbocycles. The van der Waals surface area contributed by atoms with Gasteiger partial charge in [-0.25, -0.2) is 8.42 Å². The van der Waals surface area contributed by atoms with Crippen LogP contribution in [0.5, 0.6) is 11.5 Å². The molecule has 1 N–H and O–H groups in total. The van der Waals surface area contributed by atoms with Crippen LogP contribution in [0.15, 0.2) is 47.4 Å². The summed E-state index contributed by atoms with van der Waals surface area (Å²) >= 11 is 0. The van der Waals surface area contributed by atoms with Crippen LogP contribution in [0.3, 0.4) is 0 Å². The molecule has 2 aromatic rings. The first-order valence-electron chi connectivity index (χ1n) is 6.60. The fraction of sp³-hybridized carbons (Fsp3) is 0.200. The minimum Gasteiger partial charge on any atom is -0.493 e. The molecule has 0 aliphatic carbocycles. The highest BCUT2D eigenvalue weighted by atomic mass is 32.2. The number of anilines is 1. The molecule has 0 fully saturated rings. The van der Waals surface area contributed by atoms with Crippen LogP contribution >= 0.6 is 0 Å². The zero-order valence-electron chi connectivity index (χ0n) is 12.7. The normalized spacial score (nSPS) is 11.9. The Morgan fingerprint density at radius 3 is 2.17 bits per heavy atom. The predicted molar refractivity (Wildman–Crippen MR) is 81.8 cm³/mol. The van der Waals surface area contributed by atoms with Crippen LogP contribution in [0.25, 0.3) is 0 Å². The van der Waals surface area contributed by atoms with Crippen LogP contribution in [-0.2, 0) is 16.2 Å². The summed E-state index contributed by atoms with van der Waals surface area (Å²) in [4.78, 5) is -0.253. The predicted octanol–water partition coefficient (Wildman–Crippen LogP) is 3.52. The van der Waals surface area contributed by atoms with Gasteiger partial charge in [0.05, 0.1) is 30.4 Å². The first-order valence-corrected chi connectivity index (χ1v) is 8.08. The highest BCUT2D eigenvalue weighted by Gasteiger charge is 2.34. The van der Waals surface area contributed by atoms with E-state index in [0.29, 0.717) is 5.75 Å². The molecule has 0 aliphatic heterocycles. The van der Waals surface area contributed by atoms with Gasteiger partial charge in [0.15, 0.2) is 11.5 Å². The minimum atomic E-state index is -4.68. The molecule has 2 rings (SSSR count). The van der Waals surface area contributed by atoms with Crippen LogP contribution in [0.4, 0.5) is 18.9 Å². The third kappa shape index (κ3) is 3.73. The number of sulfonamides is 1. The van der Waals surface area contributed by atoms with Crippen LogP contribution in [-0.4, -0.2) is 22.6 Å². The number of rotatable bonds is 5. The van der Waals surface area contributed by atoms with Crippen LogP contribution < -0.4 is 14.2 Å². The summed E-state index contributed by atoms with van der Waals surface area (Å²) in [7, 11) is -1.54. The molecular weight excluding hydrogens is 347 g/mol. The molecule has 130 valence electrons. The Labute approximate surface area is 137 Å². The fourth-order valence-corrected chi connectivity index (χ4v) is 3.10. The number of alkyl halides is 3. The van der Waals surface area contributed by atoms with Crippen molar-refractivity contribution in [2.45, 2.75) is 11.1 Å². The van der Waals surface area contributed by atoms with Crippen molar-refractivity contribution in [3.8, 4) is 11.5 Å². The Morgan fingerprint density at radius 2 is 1.58 bits per heavy atom. The number of benzene rings is 2. The van der Waals surface area contributed by atoms with Gasteiger partial charge in [0.2, 0.25) is 0 Å². The number of halogens is 3. The van der Waals surface area contributed by atoms with Crippen molar-refractivity contribution in [1.29, 1.82) is 0 Å². The molecule has 0 amide bonds. The quantitative estimate of drug-likeness (QED) is 0.885. The van der Waals surface area contributed by atoms with E-state index in [2.05, 4.69) is 0 Å². The maximum absolute atomic E-state index is 13.0. The van der Waals surface area contributed by atoms with E-state index < -0.39 is 27.5 Å². The molecule has 0 aliphatic rings. The second-order valence-electron chi connectivity index (χ2n) is 4.67. The lowest BCUT2D eigenvalue weighted by molar-refractivity contribution is -0.136. The fourth-order valence-electron chi connectivity index (χ4n) is 2.01. The van der Waals surface area contributed by atoms with Crippen LogP contribution in [0.2, 0.25) is 0 Å². The SMILES string of the molecule is COc1ccc(S(=O)(=O)Nc2ccccc2C(F)(F)F)cc1OC. The van der Waals surface area contributed by atoms with Gasteiger partial charge in [-0.05, 0) is 24.3 Å². The lowest BCUT2D eigenvalue weighted by Gasteiger charge is -2.15. The van der Waals surface area contributed by atoms with Gasteiger partial charge < -0.3 is 9.47 Å². The molecule has 24 heavy (non-hydrogen) atoms. The van der Waals surface area contributed by atoms with Crippen molar-refractivity contribution in [2.24, 2.45) is 0 Å². The van der Waals surface area contributed by atoms with Gasteiger partial charge in [0.25, 0.3) is 10.0 Å². The monoisotopic (exact) mass is 361 g/mol. The number of methoxy groups -OCH3 is 2. The highest BCUT2D eigenvalue weighted by molar-refractivity contribution is 7.92. The van der Waals surface area contributed by atoms with Crippen molar-refractivity contribution in [2.75, 3.05) is 18.9 Å². The van der Waals surface area contributed by atoms with Crippen molar-refractivity contribution < 1.29 is 31.1 Å². The Hall–Kier alpha value is -2.42. The van der Waals surface area contributed by atoms with Gasteiger partial charge in [0, 0.05) is 6.07 Å². The molecule has 0 saturated carbocycles. The average Bonchev–Trinajstić information content (AvgIpc) is 2.53. The maximum Gasteiger partial charge on any atom is 0.418 e. The van der Waals surface area contributed by atoms with E-state index in [1.807, 2.05) is 4.72 Å². The molecule has 0 unspecified atom stereocenters.